The van der Waals surface area contributed by atoms with Gasteiger partial charge >= 0.3 is 0 Å². The summed E-state index contributed by atoms with van der Waals surface area (Å²) < 4.78 is 0. The summed E-state index contributed by atoms with van der Waals surface area (Å²) in [5.74, 6) is 0.640. The highest BCUT2D eigenvalue weighted by atomic mass is 32.2. The van der Waals surface area contributed by atoms with Gasteiger partial charge in [-0.2, -0.15) is 0 Å². The van der Waals surface area contributed by atoms with Crippen LogP contribution in [0.2, 0.25) is 0 Å². The van der Waals surface area contributed by atoms with E-state index in [9.17, 15) is 9.59 Å². The zero-order valence-electron chi connectivity index (χ0n) is 13.7. The Labute approximate surface area is 141 Å². The molecule has 0 aromatic heterocycles. The molecule has 1 saturated carbocycles. The maximum Gasteiger partial charge on any atom is 0.234 e. The van der Waals surface area contributed by atoms with Crippen LogP contribution in [-0.2, 0) is 9.59 Å². The van der Waals surface area contributed by atoms with E-state index in [-0.39, 0.29) is 28.9 Å². The Bertz CT molecular complexity index is 543. The van der Waals surface area contributed by atoms with Crippen LogP contribution in [-0.4, -0.2) is 35.4 Å². The molecule has 126 valence electrons. The SMILES string of the molecule is Cc1ccc(NC(=O)CSC(C)C(=O)NC(CN)C2CC2)cc1. The van der Waals surface area contributed by atoms with Crippen LogP contribution in [0.4, 0.5) is 5.69 Å². The normalized spacial score (nSPS) is 16.5. The van der Waals surface area contributed by atoms with Crippen LogP contribution in [0.5, 0.6) is 0 Å². The number of thioether (sulfide) groups is 1. The predicted molar refractivity (Wildman–Crippen MR) is 95.4 cm³/mol. The van der Waals surface area contributed by atoms with Crippen molar-refractivity contribution in [3.8, 4) is 0 Å². The van der Waals surface area contributed by atoms with Crippen LogP contribution >= 0.6 is 11.8 Å². The molecule has 1 aromatic rings. The second kappa shape index (κ2) is 8.36. The lowest BCUT2D eigenvalue weighted by Crippen LogP contribution is -2.45. The molecule has 0 bridgehead atoms. The van der Waals surface area contributed by atoms with E-state index >= 15 is 0 Å². The molecule has 0 heterocycles. The van der Waals surface area contributed by atoms with E-state index in [1.165, 1.54) is 11.8 Å². The summed E-state index contributed by atoms with van der Waals surface area (Å²) in [5, 5.41) is 5.55. The van der Waals surface area contributed by atoms with Crippen molar-refractivity contribution in [1.82, 2.24) is 5.32 Å². The van der Waals surface area contributed by atoms with Gasteiger partial charge in [-0.05, 0) is 44.7 Å². The van der Waals surface area contributed by atoms with E-state index in [0.717, 1.165) is 24.1 Å². The fraction of sp³-hybridized carbons (Fsp3) is 0.529. The molecule has 4 N–H and O–H groups in total. The first-order valence-corrected chi connectivity index (χ1v) is 9.03. The van der Waals surface area contributed by atoms with Crippen molar-refractivity contribution in [2.75, 3.05) is 17.6 Å². The molecule has 1 aliphatic carbocycles. The first kappa shape index (κ1) is 17.8. The van der Waals surface area contributed by atoms with Crippen molar-refractivity contribution in [2.24, 2.45) is 11.7 Å². The Hall–Kier alpha value is -1.53. The van der Waals surface area contributed by atoms with Crippen LogP contribution < -0.4 is 16.4 Å². The molecule has 2 rings (SSSR count). The van der Waals surface area contributed by atoms with Crippen LogP contribution in [0.25, 0.3) is 0 Å². The molecule has 1 aromatic carbocycles. The maximum absolute atomic E-state index is 12.1. The second-order valence-electron chi connectivity index (χ2n) is 6.06. The predicted octanol–water partition coefficient (Wildman–Crippen LogP) is 1.91. The van der Waals surface area contributed by atoms with Gasteiger partial charge in [-0.25, -0.2) is 0 Å². The quantitative estimate of drug-likeness (QED) is 0.677. The minimum Gasteiger partial charge on any atom is -0.351 e. The fourth-order valence-corrected chi connectivity index (χ4v) is 2.97. The number of amides is 2. The van der Waals surface area contributed by atoms with Gasteiger partial charge in [0, 0.05) is 18.3 Å². The first-order valence-electron chi connectivity index (χ1n) is 7.98. The molecule has 0 saturated heterocycles. The largest absolute Gasteiger partial charge is 0.351 e. The van der Waals surface area contributed by atoms with Crippen molar-refractivity contribution < 1.29 is 9.59 Å². The van der Waals surface area contributed by atoms with Gasteiger partial charge in [0.1, 0.15) is 0 Å². The standard InChI is InChI=1S/C17H25N3O2S/c1-11-3-7-14(8-4-11)19-16(21)10-23-12(2)17(22)20-15(9-18)13-5-6-13/h3-4,7-8,12-13,15H,5-6,9-10,18H2,1-2H3,(H,19,21)(H,20,22). The van der Waals surface area contributed by atoms with E-state index in [1.54, 1.807) is 0 Å². The molecule has 2 atom stereocenters. The molecule has 0 radical (unpaired) electrons. The molecule has 2 amide bonds. The number of hydrogen-bond acceptors (Lipinski definition) is 4. The summed E-state index contributed by atoms with van der Waals surface area (Å²) in [6.45, 7) is 4.29. The molecule has 1 aliphatic rings. The number of nitrogens with two attached hydrogens (primary N) is 1. The fourth-order valence-electron chi connectivity index (χ4n) is 2.28. The number of hydrogen-bond donors (Lipinski definition) is 3. The molecule has 2 unspecified atom stereocenters. The second-order valence-corrected chi connectivity index (χ2v) is 7.38. The van der Waals surface area contributed by atoms with Crippen molar-refractivity contribution >= 4 is 29.3 Å². The number of anilines is 1. The number of nitrogens with one attached hydrogen (secondary N) is 2. The third kappa shape index (κ3) is 5.88. The minimum atomic E-state index is -0.272. The van der Waals surface area contributed by atoms with Gasteiger partial charge in [-0.1, -0.05) is 17.7 Å². The first-order chi connectivity index (χ1) is 11.0. The van der Waals surface area contributed by atoms with Gasteiger partial charge in [0.2, 0.25) is 11.8 Å². The zero-order valence-corrected chi connectivity index (χ0v) is 14.5. The van der Waals surface area contributed by atoms with Gasteiger partial charge in [0.15, 0.2) is 0 Å². The molecule has 1 fully saturated rings. The molecular weight excluding hydrogens is 310 g/mol. The van der Waals surface area contributed by atoms with Crippen LogP contribution in [0, 0.1) is 12.8 Å². The van der Waals surface area contributed by atoms with Crippen molar-refractivity contribution in [3.05, 3.63) is 29.8 Å². The topological polar surface area (TPSA) is 84.2 Å². The third-order valence-corrected chi connectivity index (χ3v) is 5.08. The van der Waals surface area contributed by atoms with Crippen LogP contribution in [0.1, 0.15) is 25.3 Å². The Morgan fingerprint density at radius 1 is 1.30 bits per heavy atom. The van der Waals surface area contributed by atoms with E-state index in [0.29, 0.717) is 12.5 Å². The summed E-state index contributed by atoms with van der Waals surface area (Å²) in [6.07, 6.45) is 2.28. The average Bonchev–Trinajstić information content (AvgIpc) is 3.37. The Morgan fingerprint density at radius 2 is 1.96 bits per heavy atom. The lowest BCUT2D eigenvalue weighted by atomic mass is 10.2. The zero-order chi connectivity index (χ0) is 16.8. The number of rotatable bonds is 8. The van der Waals surface area contributed by atoms with Gasteiger partial charge in [-0.3, -0.25) is 9.59 Å². The monoisotopic (exact) mass is 335 g/mol. The maximum atomic E-state index is 12.1. The van der Waals surface area contributed by atoms with Crippen LogP contribution in [0.3, 0.4) is 0 Å². The van der Waals surface area contributed by atoms with Crippen LogP contribution in [0.15, 0.2) is 24.3 Å². The molecular formula is C17H25N3O2S. The smallest absolute Gasteiger partial charge is 0.234 e. The highest BCUT2D eigenvalue weighted by Crippen LogP contribution is 2.32. The van der Waals surface area contributed by atoms with E-state index in [1.807, 2.05) is 38.1 Å². The van der Waals surface area contributed by atoms with Crippen molar-refractivity contribution in [2.45, 2.75) is 38.0 Å². The minimum absolute atomic E-state index is 0.0412. The third-order valence-electron chi connectivity index (χ3n) is 3.94. The average molecular weight is 335 g/mol. The molecule has 5 nitrogen and oxygen atoms in total. The Kier molecular flexibility index (Phi) is 6.47. The summed E-state index contributed by atoms with van der Waals surface area (Å²) in [4.78, 5) is 24.1. The summed E-state index contributed by atoms with van der Waals surface area (Å²) in [7, 11) is 0. The molecule has 6 heteroatoms. The van der Waals surface area contributed by atoms with Crippen molar-refractivity contribution in [1.29, 1.82) is 0 Å². The number of carbonyl (C=O) groups is 2. The molecule has 0 spiro atoms. The summed E-state index contributed by atoms with van der Waals surface area (Å²) >= 11 is 1.33. The van der Waals surface area contributed by atoms with Gasteiger partial charge < -0.3 is 16.4 Å². The van der Waals surface area contributed by atoms with Crippen molar-refractivity contribution in [3.63, 3.8) is 0 Å². The molecule has 0 aliphatic heterocycles. The Morgan fingerprint density at radius 3 is 2.52 bits per heavy atom. The van der Waals surface area contributed by atoms with E-state index < -0.39 is 0 Å². The highest BCUT2D eigenvalue weighted by molar-refractivity contribution is 8.01. The lowest BCUT2D eigenvalue weighted by molar-refractivity contribution is -0.121. The number of carbonyl (C=O) groups excluding carboxylic acids is 2. The number of benzene rings is 1. The summed E-state index contributed by atoms with van der Waals surface area (Å²) in [5.41, 5.74) is 7.61. The number of aryl methyl sites for hydroxylation is 1. The highest BCUT2D eigenvalue weighted by Gasteiger charge is 2.32. The van der Waals surface area contributed by atoms with Gasteiger partial charge in [0.05, 0.1) is 11.0 Å². The van der Waals surface area contributed by atoms with Gasteiger partial charge in [-0.15, -0.1) is 11.8 Å². The van der Waals surface area contributed by atoms with E-state index in [4.69, 9.17) is 5.73 Å². The lowest BCUT2D eigenvalue weighted by Gasteiger charge is -2.19. The van der Waals surface area contributed by atoms with Gasteiger partial charge in [0.25, 0.3) is 0 Å². The summed E-state index contributed by atoms with van der Waals surface area (Å²) in [6, 6.07) is 7.71. The Balaban J connectivity index is 1.72. The molecule has 23 heavy (non-hydrogen) atoms. The van der Waals surface area contributed by atoms with E-state index in [2.05, 4.69) is 10.6 Å².